The summed E-state index contributed by atoms with van der Waals surface area (Å²) in [6.45, 7) is 1.08. The first kappa shape index (κ1) is 15.2. The van der Waals surface area contributed by atoms with Crippen LogP contribution >= 0.6 is 0 Å². The Labute approximate surface area is 131 Å². The lowest BCUT2D eigenvalue weighted by Crippen LogP contribution is -2.46. The van der Waals surface area contributed by atoms with Crippen molar-refractivity contribution in [2.24, 2.45) is 0 Å². The number of urea groups is 1. The fourth-order valence-corrected chi connectivity index (χ4v) is 3.48. The third kappa shape index (κ3) is 3.35. The molecule has 0 spiro atoms. The maximum atomic E-state index is 12.1. The molecule has 2 amide bonds. The first-order chi connectivity index (χ1) is 10.6. The fourth-order valence-electron chi connectivity index (χ4n) is 3.48. The van der Waals surface area contributed by atoms with Crippen molar-refractivity contribution in [3.8, 4) is 0 Å². The average Bonchev–Trinajstić information content (AvgIpc) is 2.50. The molecule has 0 radical (unpaired) electrons. The van der Waals surface area contributed by atoms with Crippen LogP contribution < -0.4 is 15.5 Å². The summed E-state index contributed by atoms with van der Waals surface area (Å²) >= 11 is 0. The van der Waals surface area contributed by atoms with E-state index in [2.05, 4.69) is 34.7 Å². The summed E-state index contributed by atoms with van der Waals surface area (Å²) in [6.07, 6.45) is 5.51. The molecular weight excluding hydrogens is 278 g/mol. The largest absolute Gasteiger partial charge is 0.391 e. The monoisotopic (exact) mass is 303 g/mol. The van der Waals surface area contributed by atoms with E-state index in [4.69, 9.17) is 0 Å². The van der Waals surface area contributed by atoms with Gasteiger partial charge in [-0.05, 0) is 49.4 Å². The Morgan fingerprint density at radius 1 is 1.27 bits per heavy atom. The van der Waals surface area contributed by atoms with Gasteiger partial charge in [0.05, 0.1) is 12.1 Å². The lowest BCUT2D eigenvalue weighted by Gasteiger charge is -2.29. The molecule has 0 saturated heterocycles. The van der Waals surface area contributed by atoms with E-state index in [1.54, 1.807) is 0 Å². The molecule has 1 fully saturated rings. The van der Waals surface area contributed by atoms with Gasteiger partial charge in [0.25, 0.3) is 0 Å². The molecule has 1 aromatic rings. The smallest absolute Gasteiger partial charge is 0.319 e. The molecule has 5 nitrogen and oxygen atoms in total. The van der Waals surface area contributed by atoms with Crippen molar-refractivity contribution >= 4 is 17.4 Å². The summed E-state index contributed by atoms with van der Waals surface area (Å²) in [5, 5.41) is 15.7. The van der Waals surface area contributed by atoms with Crippen LogP contribution in [0.3, 0.4) is 0 Å². The average molecular weight is 303 g/mol. The van der Waals surface area contributed by atoms with Crippen LogP contribution in [0, 0.1) is 0 Å². The fraction of sp³-hybridized carbons (Fsp3) is 0.588. The summed E-state index contributed by atoms with van der Waals surface area (Å²) in [6, 6.07) is 5.71. The summed E-state index contributed by atoms with van der Waals surface area (Å²) in [4.78, 5) is 14.4. The summed E-state index contributed by atoms with van der Waals surface area (Å²) in [7, 11) is 2.10. The molecule has 3 rings (SSSR count). The van der Waals surface area contributed by atoms with Gasteiger partial charge in [0.1, 0.15) is 0 Å². The van der Waals surface area contributed by atoms with Crippen LogP contribution in [0.25, 0.3) is 0 Å². The quantitative estimate of drug-likeness (QED) is 0.786. The van der Waals surface area contributed by atoms with Crippen LogP contribution in [0.4, 0.5) is 16.2 Å². The number of nitrogens with zero attached hydrogens (tertiary/aromatic N) is 1. The predicted octanol–water partition coefficient (Wildman–Crippen LogP) is 2.49. The highest BCUT2D eigenvalue weighted by Crippen LogP contribution is 2.28. The second kappa shape index (κ2) is 6.57. The van der Waals surface area contributed by atoms with Crippen molar-refractivity contribution in [1.29, 1.82) is 0 Å². The standard InChI is InChI=1S/C17H25N3O2/c1-20-10-4-5-12-11-13(8-9-15(12)20)18-17(22)19-14-6-2-3-7-16(14)21/h8-9,11,14,16,21H,2-7,10H2,1H3,(H2,18,19,22). The van der Waals surface area contributed by atoms with Gasteiger partial charge < -0.3 is 20.6 Å². The van der Waals surface area contributed by atoms with Crippen molar-refractivity contribution in [3.63, 3.8) is 0 Å². The Balaban J connectivity index is 1.62. The van der Waals surface area contributed by atoms with E-state index in [1.807, 2.05) is 6.07 Å². The van der Waals surface area contributed by atoms with E-state index in [9.17, 15) is 9.90 Å². The number of amides is 2. The van der Waals surface area contributed by atoms with Gasteiger partial charge in [-0.25, -0.2) is 4.79 Å². The first-order valence-corrected chi connectivity index (χ1v) is 8.23. The van der Waals surface area contributed by atoms with Crippen LogP contribution in [0.2, 0.25) is 0 Å². The number of aliphatic hydroxyl groups is 1. The second-order valence-corrected chi connectivity index (χ2v) is 6.43. The molecule has 1 heterocycles. The number of fused-ring (bicyclic) bond motifs is 1. The number of anilines is 2. The zero-order chi connectivity index (χ0) is 15.5. The minimum absolute atomic E-state index is 0.127. The number of hydrogen-bond donors (Lipinski definition) is 3. The van der Waals surface area contributed by atoms with E-state index in [1.165, 1.54) is 11.3 Å². The Morgan fingerprint density at radius 3 is 2.91 bits per heavy atom. The number of hydrogen-bond acceptors (Lipinski definition) is 3. The second-order valence-electron chi connectivity index (χ2n) is 6.43. The minimum Gasteiger partial charge on any atom is -0.391 e. The Kier molecular flexibility index (Phi) is 4.52. The van der Waals surface area contributed by atoms with Crippen LogP contribution in [0.1, 0.15) is 37.7 Å². The highest BCUT2D eigenvalue weighted by Gasteiger charge is 2.24. The van der Waals surface area contributed by atoms with E-state index in [0.717, 1.165) is 50.8 Å². The molecule has 0 bridgehead atoms. The molecule has 2 atom stereocenters. The van der Waals surface area contributed by atoms with Gasteiger partial charge in [-0.1, -0.05) is 12.8 Å². The molecule has 22 heavy (non-hydrogen) atoms. The van der Waals surface area contributed by atoms with E-state index in [-0.39, 0.29) is 12.1 Å². The SMILES string of the molecule is CN1CCCc2cc(NC(=O)NC3CCCCC3O)ccc21. The maximum Gasteiger partial charge on any atom is 0.319 e. The van der Waals surface area contributed by atoms with Gasteiger partial charge in [-0.15, -0.1) is 0 Å². The molecular formula is C17H25N3O2. The number of carbonyl (C=O) groups excluding carboxylic acids is 1. The van der Waals surface area contributed by atoms with Crippen LogP contribution in [0.15, 0.2) is 18.2 Å². The van der Waals surface area contributed by atoms with E-state index in [0.29, 0.717) is 0 Å². The van der Waals surface area contributed by atoms with Crippen LogP contribution in [-0.2, 0) is 6.42 Å². The van der Waals surface area contributed by atoms with Crippen LogP contribution in [-0.4, -0.2) is 36.9 Å². The number of rotatable bonds is 2. The molecule has 5 heteroatoms. The Morgan fingerprint density at radius 2 is 2.09 bits per heavy atom. The highest BCUT2D eigenvalue weighted by molar-refractivity contribution is 5.90. The zero-order valence-corrected chi connectivity index (χ0v) is 13.1. The number of aliphatic hydroxyl groups excluding tert-OH is 1. The number of benzene rings is 1. The molecule has 2 unspecified atom stereocenters. The molecule has 3 N–H and O–H groups in total. The molecule has 1 aliphatic carbocycles. The van der Waals surface area contributed by atoms with Crippen molar-refractivity contribution in [3.05, 3.63) is 23.8 Å². The van der Waals surface area contributed by atoms with Gasteiger partial charge >= 0.3 is 6.03 Å². The molecule has 1 aromatic carbocycles. The molecule has 2 aliphatic rings. The lowest BCUT2D eigenvalue weighted by molar-refractivity contribution is 0.0955. The van der Waals surface area contributed by atoms with Crippen molar-refractivity contribution in [2.45, 2.75) is 50.7 Å². The molecule has 1 aliphatic heterocycles. The minimum atomic E-state index is -0.420. The van der Waals surface area contributed by atoms with Crippen LogP contribution in [0.5, 0.6) is 0 Å². The molecule has 0 aromatic heterocycles. The summed E-state index contributed by atoms with van der Waals surface area (Å²) in [5.41, 5.74) is 3.35. The van der Waals surface area contributed by atoms with Gasteiger partial charge in [0.15, 0.2) is 0 Å². The van der Waals surface area contributed by atoms with Gasteiger partial charge in [0, 0.05) is 25.0 Å². The van der Waals surface area contributed by atoms with Crippen molar-refractivity contribution in [2.75, 3.05) is 23.8 Å². The maximum absolute atomic E-state index is 12.1. The predicted molar refractivity (Wildman–Crippen MR) is 88.5 cm³/mol. The molecule has 120 valence electrons. The number of aryl methyl sites for hydroxylation is 1. The lowest BCUT2D eigenvalue weighted by atomic mass is 9.93. The van der Waals surface area contributed by atoms with E-state index >= 15 is 0 Å². The van der Waals surface area contributed by atoms with Gasteiger partial charge in [-0.3, -0.25) is 0 Å². The van der Waals surface area contributed by atoms with Gasteiger partial charge in [0.2, 0.25) is 0 Å². The van der Waals surface area contributed by atoms with E-state index < -0.39 is 6.10 Å². The third-order valence-corrected chi connectivity index (χ3v) is 4.73. The first-order valence-electron chi connectivity index (χ1n) is 8.23. The normalized spacial score (nSPS) is 24.5. The molecule has 1 saturated carbocycles. The third-order valence-electron chi connectivity index (χ3n) is 4.73. The Bertz CT molecular complexity index is 547. The zero-order valence-electron chi connectivity index (χ0n) is 13.1. The number of carbonyl (C=O) groups is 1. The highest BCUT2D eigenvalue weighted by atomic mass is 16.3. The summed E-state index contributed by atoms with van der Waals surface area (Å²) < 4.78 is 0. The topological polar surface area (TPSA) is 64.6 Å². The van der Waals surface area contributed by atoms with Crippen molar-refractivity contribution < 1.29 is 9.90 Å². The number of nitrogens with one attached hydrogen (secondary N) is 2. The Hall–Kier alpha value is -1.75. The van der Waals surface area contributed by atoms with Gasteiger partial charge in [-0.2, -0.15) is 0 Å². The summed E-state index contributed by atoms with van der Waals surface area (Å²) in [5.74, 6) is 0. The van der Waals surface area contributed by atoms with Crippen molar-refractivity contribution in [1.82, 2.24) is 5.32 Å².